The number of pyridine rings is 1. The van der Waals surface area contributed by atoms with E-state index in [2.05, 4.69) is 84.9 Å². The molecule has 0 spiro atoms. The van der Waals surface area contributed by atoms with E-state index in [1.165, 1.54) is 39.3 Å². The number of hydrogen-bond acceptors (Lipinski definition) is 3. The number of aromatic nitrogens is 2. The second-order valence-electron chi connectivity index (χ2n) is 9.70. The van der Waals surface area contributed by atoms with Gasteiger partial charge in [-0.1, -0.05) is 43.3 Å². The van der Waals surface area contributed by atoms with Crippen LogP contribution in [0.2, 0.25) is 0 Å². The monoisotopic (exact) mass is 510 g/mol. The maximum atomic E-state index is 5.93. The van der Waals surface area contributed by atoms with E-state index >= 15 is 0 Å². The van der Waals surface area contributed by atoms with Gasteiger partial charge in [-0.25, -0.2) is 0 Å². The maximum Gasteiger partial charge on any atom is 0.170 e. The van der Waals surface area contributed by atoms with E-state index in [1.807, 2.05) is 30.5 Å². The highest BCUT2D eigenvalue weighted by Crippen LogP contribution is 2.42. The van der Waals surface area contributed by atoms with Crippen molar-refractivity contribution in [3.8, 4) is 11.4 Å². The molecule has 2 aromatic carbocycles. The highest BCUT2D eigenvalue weighted by atomic mass is 32.1. The van der Waals surface area contributed by atoms with E-state index in [0.29, 0.717) is 6.54 Å². The second-order valence-corrected chi connectivity index (χ2v) is 10.1. The van der Waals surface area contributed by atoms with Gasteiger partial charge in [0.1, 0.15) is 5.75 Å². The number of ether oxygens (including phenoxy) is 1. The first kappa shape index (κ1) is 25.0. The molecule has 4 aromatic rings. The molecule has 1 N–H and O–H groups in total. The van der Waals surface area contributed by atoms with Crippen LogP contribution in [0.25, 0.3) is 5.69 Å². The molecule has 2 aromatic heterocycles. The third-order valence-corrected chi connectivity index (χ3v) is 7.78. The maximum absolute atomic E-state index is 5.93. The topological polar surface area (TPSA) is 42.3 Å². The molecule has 3 heterocycles. The lowest BCUT2D eigenvalue weighted by Crippen LogP contribution is -2.29. The molecule has 1 aliphatic heterocycles. The molecular formula is C31H34N4OS. The highest BCUT2D eigenvalue weighted by molar-refractivity contribution is 7.80. The van der Waals surface area contributed by atoms with Crippen molar-refractivity contribution in [2.24, 2.45) is 0 Å². The van der Waals surface area contributed by atoms with E-state index < -0.39 is 0 Å². The average molecular weight is 511 g/mol. The standard InChI is InChI=1S/C31H34N4OS/c1-6-24-11-9-10-20(2)29(24)35-21(3)18-26(22(35)4)30-28(27-12-7-8-17-32-27)33-31(37)34(30)19-23-13-15-25(36-5)16-14-23/h7-18,28,30H,6,19H2,1-5H3,(H,33,37)/t28-,30+/m1/s1. The summed E-state index contributed by atoms with van der Waals surface area (Å²) in [6.45, 7) is 9.55. The Morgan fingerprint density at radius 2 is 1.78 bits per heavy atom. The number of para-hydroxylation sites is 1. The van der Waals surface area contributed by atoms with Gasteiger partial charge >= 0.3 is 0 Å². The van der Waals surface area contributed by atoms with Gasteiger partial charge in [-0.05, 0) is 92.0 Å². The van der Waals surface area contributed by atoms with Crippen molar-refractivity contribution in [1.82, 2.24) is 19.8 Å². The molecule has 0 amide bonds. The van der Waals surface area contributed by atoms with Gasteiger partial charge in [0.05, 0.1) is 30.6 Å². The summed E-state index contributed by atoms with van der Waals surface area (Å²) in [7, 11) is 1.69. The largest absolute Gasteiger partial charge is 0.497 e. The van der Waals surface area contributed by atoms with E-state index in [9.17, 15) is 0 Å². The minimum atomic E-state index is -0.0524. The molecule has 0 unspecified atom stereocenters. The van der Waals surface area contributed by atoms with Crippen molar-refractivity contribution in [2.45, 2.75) is 52.7 Å². The van der Waals surface area contributed by atoms with Crippen LogP contribution in [0.5, 0.6) is 5.75 Å². The Bertz CT molecular complexity index is 1410. The predicted octanol–water partition coefficient (Wildman–Crippen LogP) is 6.54. The van der Waals surface area contributed by atoms with Gasteiger partial charge in [-0.3, -0.25) is 4.98 Å². The first-order valence-corrected chi connectivity index (χ1v) is 13.2. The van der Waals surface area contributed by atoms with Crippen molar-refractivity contribution < 1.29 is 4.74 Å². The van der Waals surface area contributed by atoms with Crippen molar-refractivity contribution >= 4 is 17.3 Å². The van der Waals surface area contributed by atoms with Crippen LogP contribution < -0.4 is 10.1 Å². The van der Waals surface area contributed by atoms with Crippen LogP contribution in [0.4, 0.5) is 0 Å². The zero-order chi connectivity index (χ0) is 26.1. The minimum Gasteiger partial charge on any atom is -0.497 e. The van der Waals surface area contributed by atoms with E-state index in [1.54, 1.807) is 7.11 Å². The van der Waals surface area contributed by atoms with Crippen molar-refractivity contribution in [1.29, 1.82) is 0 Å². The molecule has 0 bridgehead atoms. The molecule has 5 rings (SSSR count). The molecule has 1 saturated heterocycles. The van der Waals surface area contributed by atoms with Gasteiger partial charge in [0, 0.05) is 24.1 Å². The number of hydrogen-bond donors (Lipinski definition) is 1. The summed E-state index contributed by atoms with van der Waals surface area (Å²) in [6.07, 6.45) is 2.84. The Labute approximate surface area is 225 Å². The molecule has 2 atom stereocenters. The Hall–Kier alpha value is -3.64. The number of methoxy groups -OCH3 is 1. The smallest absolute Gasteiger partial charge is 0.170 e. The Balaban J connectivity index is 1.63. The molecule has 5 nitrogen and oxygen atoms in total. The summed E-state index contributed by atoms with van der Waals surface area (Å²) in [5.74, 6) is 0.849. The third kappa shape index (κ3) is 4.62. The fourth-order valence-corrected chi connectivity index (χ4v) is 5.90. The minimum absolute atomic E-state index is 0.00135. The lowest BCUT2D eigenvalue weighted by atomic mass is 9.96. The van der Waals surface area contributed by atoms with E-state index in [-0.39, 0.29) is 12.1 Å². The summed E-state index contributed by atoms with van der Waals surface area (Å²) < 4.78 is 7.79. The van der Waals surface area contributed by atoms with Crippen LogP contribution in [0.15, 0.2) is 72.9 Å². The zero-order valence-corrected chi connectivity index (χ0v) is 23.0. The van der Waals surface area contributed by atoms with Crippen molar-refractivity contribution in [3.63, 3.8) is 0 Å². The van der Waals surface area contributed by atoms with E-state index in [4.69, 9.17) is 21.9 Å². The van der Waals surface area contributed by atoms with E-state index in [0.717, 1.165) is 23.0 Å². The molecule has 190 valence electrons. The van der Waals surface area contributed by atoms with Crippen LogP contribution in [0.1, 0.15) is 58.3 Å². The first-order chi connectivity index (χ1) is 17.9. The van der Waals surface area contributed by atoms with Crippen LogP contribution in [-0.4, -0.2) is 26.7 Å². The average Bonchev–Trinajstić information content (AvgIpc) is 3.39. The van der Waals surface area contributed by atoms with Crippen LogP contribution in [0, 0.1) is 20.8 Å². The lowest BCUT2D eigenvalue weighted by Gasteiger charge is -2.28. The summed E-state index contributed by atoms with van der Waals surface area (Å²) in [6, 6.07) is 23.2. The Morgan fingerprint density at radius 1 is 1.00 bits per heavy atom. The lowest BCUT2D eigenvalue weighted by molar-refractivity contribution is 0.310. The van der Waals surface area contributed by atoms with Crippen molar-refractivity contribution in [2.75, 3.05) is 7.11 Å². The molecule has 0 aliphatic carbocycles. The van der Waals surface area contributed by atoms with Crippen molar-refractivity contribution in [3.05, 3.63) is 112 Å². The number of thiocarbonyl (C=S) groups is 1. The summed E-state index contributed by atoms with van der Waals surface area (Å²) in [5.41, 5.74) is 9.81. The molecular weight excluding hydrogens is 476 g/mol. The Morgan fingerprint density at radius 3 is 2.46 bits per heavy atom. The van der Waals surface area contributed by atoms with Crippen LogP contribution in [0.3, 0.4) is 0 Å². The van der Waals surface area contributed by atoms with Gasteiger partial charge < -0.3 is 19.5 Å². The number of nitrogens with one attached hydrogen (secondary N) is 1. The molecule has 6 heteroatoms. The fraction of sp³-hybridized carbons (Fsp3) is 0.290. The molecule has 37 heavy (non-hydrogen) atoms. The number of benzene rings is 2. The fourth-order valence-electron chi connectivity index (χ4n) is 5.60. The second kappa shape index (κ2) is 10.4. The summed E-state index contributed by atoms with van der Waals surface area (Å²) in [5, 5.41) is 4.34. The number of rotatable bonds is 7. The third-order valence-electron chi connectivity index (χ3n) is 7.42. The van der Waals surface area contributed by atoms with Gasteiger partial charge in [-0.2, -0.15) is 0 Å². The SMILES string of the molecule is CCc1cccc(C)c1-n1c(C)cc([C@H]2[C@@H](c3ccccn3)NC(=S)N2Cc2ccc(OC)cc2)c1C. The Kier molecular flexibility index (Phi) is 7.02. The van der Waals surface area contributed by atoms with Gasteiger partial charge in [0.25, 0.3) is 0 Å². The zero-order valence-electron chi connectivity index (χ0n) is 22.2. The highest BCUT2D eigenvalue weighted by Gasteiger charge is 2.41. The van der Waals surface area contributed by atoms with Crippen LogP contribution in [-0.2, 0) is 13.0 Å². The van der Waals surface area contributed by atoms with Gasteiger partial charge in [0.2, 0.25) is 0 Å². The molecule has 1 aliphatic rings. The summed E-state index contributed by atoms with van der Waals surface area (Å²) in [4.78, 5) is 7.03. The normalized spacial score (nSPS) is 17.2. The molecule has 0 radical (unpaired) electrons. The molecule has 1 fully saturated rings. The molecule has 0 saturated carbocycles. The quantitative estimate of drug-likeness (QED) is 0.286. The predicted molar refractivity (Wildman–Crippen MR) is 153 cm³/mol. The number of nitrogens with zero attached hydrogens (tertiary/aromatic N) is 3. The van der Waals surface area contributed by atoms with Crippen LogP contribution >= 0.6 is 12.2 Å². The first-order valence-electron chi connectivity index (χ1n) is 12.8. The number of aryl methyl sites for hydroxylation is 3. The van der Waals surface area contributed by atoms with Gasteiger partial charge in [-0.15, -0.1) is 0 Å². The van der Waals surface area contributed by atoms with Gasteiger partial charge in [0.15, 0.2) is 5.11 Å². The summed E-state index contributed by atoms with van der Waals surface area (Å²) >= 11 is 5.93.